The first-order valence-electron chi connectivity index (χ1n) is 4.80. The van der Waals surface area contributed by atoms with Gasteiger partial charge in [-0.15, -0.1) is 11.6 Å². The van der Waals surface area contributed by atoms with Crippen LogP contribution in [0.2, 0.25) is 0 Å². The van der Waals surface area contributed by atoms with Crippen molar-refractivity contribution in [2.75, 3.05) is 5.88 Å². The van der Waals surface area contributed by atoms with Gasteiger partial charge in [0.15, 0.2) is 5.78 Å². The van der Waals surface area contributed by atoms with Crippen LogP contribution in [0, 0.1) is 0 Å². The van der Waals surface area contributed by atoms with E-state index in [0.29, 0.717) is 5.56 Å². The average Bonchev–Trinajstić information content (AvgIpc) is 2.27. The summed E-state index contributed by atoms with van der Waals surface area (Å²) >= 11 is 8.77. The molecule has 0 fully saturated rings. The molecule has 5 heteroatoms. The van der Waals surface area contributed by atoms with E-state index in [2.05, 4.69) is 15.9 Å². The van der Waals surface area contributed by atoms with E-state index in [1.54, 1.807) is 18.2 Å². The number of Topliss-reactive ketones (excluding diaryl/α,β-unsaturated/α-hetero) is 1. The number of hydrogen-bond donors (Lipinski definition) is 1. The van der Waals surface area contributed by atoms with Crippen molar-refractivity contribution in [1.82, 2.24) is 0 Å². The molecule has 0 aliphatic carbocycles. The number of ketones is 1. The predicted molar refractivity (Wildman–Crippen MR) is 70.2 cm³/mol. The Hall–Kier alpha value is -1.13. The van der Waals surface area contributed by atoms with Crippen LogP contribution in [0.1, 0.15) is 11.1 Å². The van der Waals surface area contributed by atoms with Crippen molar-refractivity contribution in [1.29, 1.82) is 0 Å². The molecule has 0 aliphatic heterocycles. The summed E-state index contributed by atoms with van der Waals surface area (Å²) in [6, 6.07) is 5.35. The van der Waals surface area contributed by atoms with Crippen molar-refractivity contribution in [3.63, 3.8) is 0 Å². The Balaban J connectivity index is 3.08. The van der Waals surface area contributed by atoms with Crippen LogP contribution in [0.3, 0.4) is 0 Å². The summed E-state index contributed by atoms with van der Waals surface area (Å²) in [4.78, 5) is 21.8. The van der Waals surface area contributed by atoms with Gasteiger partial charge in [0.1, 0.15) is 0 Å². The summed E-state index contributed by atoms with van der Waals surface area (Å²) < 4.78 is 0.745. The number of alkyl halides is 1. The summed E-state index contributed by atoms with van der Waals surface area (Å²) in [5.41, 5.74) is 1.44. The van der Waals surface area contributed by atoms with Crippen molar-refractivity contribution >= 4 is 45.4 Å². The van der Waals surface area contributed by atoms with E-state index in [0.717, 1.165) is 16.1 Å². The fraction of sp³-hybridized carbons (Fsp3) is 0.167. The Labute approximate surface area is 112 Å². The Morgan fingerprint density at radius 3 is 2.71 bits per heavy atom. The van der Waals surface area contributed by atoms with E-state index < -0.39 is 5.97 Å². The van der Waals surface area contributed by atoms with Crippen LogP contribution in [0.15, 0.2) is 28.7 Å². The van der Waals surface area contributed by atoms with Gasteiger partial charge >= 0.3 is 5.97 Å². The molecule has 0 unspecified atom stereocenters. The first-order valence-corrected chi connectivity index (χ1v) is 6.13. The minimum Gasteiger partial charge on any atom is -0.478 e. The van der Waals surface area contributed by atoms with Crippen molar-refractivity contribution in [2.45, 2.75) is 6.42 Å². The van der Waals surface area contributed by atoms with Crippen molar-refractivity contribution in [2.24, 2.45) is 0 Å². The molecular formula is C12H10BrClO3. The van der Waals surface area contributed by atoms with Gasteiger partial charge in [0.25, 0.3) is 0 Å². The molecule has 1 aromatic rings. The summed E-state index contributed by atoms with van der Waals surface area (Å²) in [6.45, 7) is 0. The highest BCUT2D eigenvalue weighted by molar-refractivity contribution is 9.10. The third-order valence-electron chi connectivity index (χ3n) is 2.07. The van der Waals surface area contributed by atoms with Crippen molar-refractivity contribution in [3.05, 3.63) is 39.9 Å². The molecule has 0 bridgehead atoms. The highest BCUT2D eigenvalue weighted by atomic mass is 79.9. The molecule has 0 saturated heterocycles. The van der Waals surface area contributed by atoms with Crippen molar-refractivity contribution < 1.29 is 14.7 Å². The second kappa shape index (κ2) is 6.57. The molecule has 17 heavy (non-hydrogen) atoms. The molecule has 0 atom stereocenters. The Kier molecular flexibility index (Phi) is 5.38. The second-order valence-corrected chi connectivity index (χ2v) is 4.45. The second-order valence-electron chi connectivity index (χ2n) is 3.33. The normalized spacial score (nSPS) is 10.7. The van der Waals surface area contributed by atoms with E-state index in [9.17, 15) is 9.59 Å². The number of aliphatic carboxylic acids is 1. The molecule has 0 spiro atoms. The zero-order valence-electron chi connectivity index (χ0n) is 8.82. The first-order chi connectivity index (χ1) is 8.04. The third kappa shape index (κ3) is 4.32. The van der Waals surface area contributed by atoms with E-state index >= 15 is 0 Å². The van der Waals surface area contributed by atoms with Crippen molar-refractivity contribution in [3.8, 4) is 0 Å². The number of carboxylic acids is 1. The highest BCUT2D eigenvalue weighted by Crippen LogP contribution is 2.23. The summed E-state index contributed by atoms with van der Waals surface area (Å²) in [6.07, 6.45) is 2.69. The van der Waals surface area contributed by atoms with Crippen LogP contribution in [-0.2, 0) is 16.0 Å². The number of benzene rings is 1. The fourth-order valence-corrected chi connectivity index (χ4v) is 1.97. The molecule has 0 amide bonds. The zero-order chi connectivity index (χ0) is 12.8. The van der Waals surface area contributed by atoms with Crippen LogP contribution in [0.4, 0.5) is 0 Å². The van der Waals surface area contributed by atoms with Gasteiger partial charge in [-0.3, -0.25) is 4.79 Å². The summed E-state index contributed by atoms with van der Waals surface area (Å²) in [7, 11) is 0. The third-order valence-corrected chi connectivity index (χ3v) is 3.06. The van der Waals surface area contributed by atoms with E-state index in [1.165, 1.54) is 6.08 Å². The molecule has 3 nitrogen and oxygen atoms in total. The maximum atomic E-state index is 11.3. The van der Waals surface area contributed by atoms with Gasteiger partial charge in [0, 0.05) is 17.0 Å². The minimum atomic E-state index is -1.03. The number of carboxylic acid groups (broad SMARTS) is 1. The fourth-order valence-electron chi connectivity index (χ4n) is 1.34. The standard InChI is InChI=1S/C12H10BrClO3/c13-11-3-1-2-8(6-9(15)7-14)10(11)4-5-12(16)17/h1-5H,6-7H2,(H,16,17)/b5-4+. The maximum absolute atomic E-state index is 11.3. The van der Waals surface area contributed by atoms with Crippen LogP contribution in [0.25, 0.3) is 6.08 Å². The molecular weight excluding hydrogens is 307 g/mol. The smallest absolute Gasteiger partial charge is 0.328 e. The summed E-state index contributed by atoms with van der Waals surface area (Å²) in [5.74, 6) is -1.18. The Bertz CT molecular complexity index is 469. The van der Waals surface area contributed by atoms with Crippen LogP contribution in [-0.4, -0.2) is 22.7 Å². The van der Waals surface area contributed by atoms with E-state index in [4.69, 9.17) is 16.7 Å². The molecule has 0 saturated carbocycles. The van der Waals surface area contributed by atoms with Gasteiger partial charge in [-0.05, 0) is 23.3 Å². The number of rotatable bonds is 5. The molecule has 90 valence electrons. The van der Waals surface area contributed by atoms with E-state index in [-0.39, 0.29) is 18.1 Å². The van der Waals surface area contributed by atoms with Gasteiger partial charge < -0.3 is 5.11 Å². The quantitative estimate of drug-likeness (QED) is 0.671. The van der Waals surface area contributed by atoms with Crippen LogP contribution in [0.5, 0.6) is 0 Å². The molecule has 0 aromatic heterocycles. The number of halogens is 2. The number of carbonyl (C=O) groups excluding carboxylic acids is 1. The van der Waals surface area contributed by atoms with Crippen LogP contribution >= 0.6 is 27.5 Å². The number of hydrogen-bond acceptors (Lipinski definition) is 2. The lowest BCUT2D eigenvalue weighted by molar-refractivity contribution is -0.131. The van der Waals surface area contributed by atoms with Crippen LogP contribution < -0.4 is 0 Å². The van der Waals surface area contributed by atoms with Gasteiger partial charge in [-0.2, -0.15) is 0 Å². The lowest BCUT2D eigenvalue weighted by atomic mass is 10.0. The van der Waals surface area contributed by atoms with Gasteiger partial charge in [0.05, 0.1) is 5.88 Å². The maximum Gasteiger partial charge on any atom is 0.328 e. The molecule has 1 N–H and O–H groups in total. The predicted octanol–water partition coefficient (Wildman–Crippen LogP) is 2.90. The zero-order valence-corrected chi connectivity index (χ0v) is 11.2. The SMILES string of the molecule is O=C(O)/C=C/c1c(Br)cccc1CC(=O)CCl. The molecule has 0 heterocycles. The Morgan fingerprint density at radius 2 is 2.12 bits per heavy atom. The van der Waals surface area contributed by atoms with Gasteiger partial charge in [-0.1, -0.05) is 28.1 Å². The van der Waals surface area contributed by atoms with Gasteiger partial charge in [-0.25, -0.2) is 4.79 Å². The number of carbonyl (C=O) groups is 2. The first kappa shape index (κ1) is 13.9. The summed E-state index contributed by atoms with van der Waals surface area (Å²) in [5, 5.41) is 8.59. The molecule has 1 aromatic carbocycles. The largest absolute Gasteiger partial charge is 0.478 e. The average molecular weight is 318 g/mol. The molecule has 0 radical (unpaired) electrons. The topological polar surface area (TPSA) is 54.4 Å². The van der Waals surface area contributed by atoms with E-state index in [1.807, 2.05) is 0 Å². The van der Waals surface area contributed by atoms with Gasteiger partial charge in [0.2, 0.25) is 0 Å². The highest BCUT2D eigenvalue weighted by Gasteiger charge is 2.08. The molecule has 1 rings (SSSR count). The lowest BCUT2D eigenvalue weighted by Crippen LogP contribution is -2.05. The minimum absolute atomic E-state index is 0.0470. The lowest BCUT2D eigenvalue weighted by Gasteiger charge is -2.06. The monoisotopic (exact) mass is 316 g/mol. The molecule has 0 aliphatic rings. The Morgan fingerprint density at radius 1 is 1.41 bits per heavy atom.